The summed E-state index contributed by atoms with van der Waals surface area (Å²) in [5, 5.41) is 1.74. The molecule has 0 fully saturated rings. The Morgan fingerprint density at radius 1 is 1.44 bits per heavy atom. The highest BCUT2D eigenvalue weighted by Crippen LogP contribution is 2.30. The molecule has 0 aliphatic carbocycles. The van der Waals surface area contributed by atoms with Crippen molar-refractivity contribution in [1.29, 1.82) is 0 Å². The van der Waals surface area contributed by atoms with Gasteiger partial charge in [-0.3, -0.25) is 4.98 Å². The molecule has 0 radical (unpaired) electrons. The first kappa shape index (κ1) is 13.7. The molecule has 18 heavy (non-hydrogen) atoms. The molecule has 7 heteroatoms. The maximum Gasteiger partial charge on any atom is 0.253 e. The molecular weight excluding hydrogens is 336 g/mol. The lowest BCUT2D eigenvalue weighted by Crippen LogP contribution is -2.26. The van der Waals surface area contributed by atoms with Gasteiger partial charge in [0.1, 0.15) is 4.21 Å². The fraction of sp³-hybridized carbons (Fsp3) is 0.182. The van der Waals surface area contributed by atoms with Gasteiger partial charge in [0.2, 0.25) is 0 Å². The maximum absolute atomic E-state index is 12.3. The predicted molar refractivity (Wildman–Crippen MR) is 74.9 cm³/mol. The van der Waals surface area contributed by atoms with Crippen LogP contribution >= 0.6 is 27.3 Å². The normalized spacial score (nSPS) is 11.9. The van der Waals surface area contributed by atoms with E-state index in [2.05, 4.69) is 20.9 Å². The van der Waals surface area contributed by atoms with Crippen molar-refractivity contribution in [2.75, 3.05) is 7.05 Å². The molecule has 0 N–H and O–H groups in total. The molecule has 4 nitrogen and oxygen atoms in total. The Morgan fingerprint density at radius 3 is 2.78 bits per heavy atom. The molecule has 2 aromatic rings. The van der Waals surface area contributed by atoms with E-state index in [4.69, 9.17) is 0 Å². The summed E-state index contributed by atoms with van der Waals surface area (Å²) in [6, 6.07) is 5.37. The van der Waals surface area contributed by atoms with Gasteiger partial charge >= 0.3 is 0 Å². The van der Waals surface area contributed by atoms with Crippen LogP contribution in [0.2, 0.25) is 0 Å². The van der Waals surface area contributed by atoms with Crippen LogP contribution in [-0.4, -0.2) is 24.8 Å². The Labute approximate surface area is 118 Å². The second-order valence-electron chi connectivity index (χ2n) is 3.68. The van der Waals surface area contributed by atoms with Crippen molar-refractivity contribution in [1.82, 2.24) is 9.29 Å². The van der Waals surface area contributed by atoms with Crippen LogP contribution in [0.3, 0.4) is 0 Å². The minimum atomic E-state index is -3.45. The van der Waals surface area contributed by atoms with E-state index in [0.29, 0.717) is 15.2 Å². The summed E-state index contributed by atoms with van der Waals surface area (Å²) in [6.07, 6.45) is 3.32. The highest BCUT2D eigenvalue weighted by atomic mass is 79.9. The van der Waals surface area contributed by atoms with Crippen molar-refractivity contribution in [3.05, 3.63) is 46.0 Å². The second kappa shape index (κ2) is 5.48. The molecule has 96 valence electrons. The van der Waals surface area contributed by atoms with Crippen LogP contribution in [0.5, 0.6) is 0 Å². The predicted octanol–water partition coefficient (Wildman–Crippen LogP) is 2.73. The molecule has 2 aromatic heterocycles. The molecule has 0 spiro atoms. The van der Waals surface area contributed by atoms with Crippen LogP contribution < -0.4 is 0 Å². The van der Waals surface area contributed by atoms with Gasteiger partial charge < -0.3 is 0 Å². The third-order valence-electron chi connectivity index (χ3n) is 2.36. The molecule has 2 heterocycles. The molecular formula is C11H11BrN2O2S2. The van der Waals surface area contributed by atoms with Gasteiger partial charge in [-0.25, -0.2) is 8.42 Å². The number of nitrogens with zero attached hydrogens (tertiary/aromatic N) is 2. The van der Waals surface area contributed by atoms with E-state index >= 15 is 0 Å². The number of pyridine rings is 1. The summed E-state index contributed by atoms with van der Waals surface area (Å²) in [4.78, 5) is 3.97. The first-order valence-electron chi connectivity index (χ1n) is 5.10. The number of hydrogen-bond donors (Lipinski definition) is 0. The molecule has 0 saturated carbocycles. The maximum atomic E-state index is 12.3. The third-order valence-corrected chi connectivity index (χ3v) is 6.81. The highest BCUT2D eigenvalue weighted by Gasteiger charge is 2.24. The van der Waals surface area contributed by atoms with Gasteiger partial charge in [0.05, 0.1) is 0 Å². The van der Waals surface area contributed by atoms with Crippen molar-refractivity contribution in [3.63, 3.8) is 0 Å². The second-order valence-corrected chi connectivity index (χ2v) is 7.69. The molecule has 0 amide bonds. The Balaban J connectivity index is 2.24. The van der Waals surface area contributed by atoms with Crippen LogP contribution in [-0.2, 0) is 16.6 Å². The van der Waals surface area contributed by atoms with Gasteiger partial charge in [0.25, 0.3) is 10.0 Å². The molecule has 0 bridgehead atoms. The standard InChI is InChI=1S/C11H11BrN2O2S2/c1-14(8-9-3-2-5-13-7-9)18(15,16)11-10(12)4-6-17-11/h2-7H,8H2,1H3. The zero-order valence-corrected chi connectivity index (χ0v) is 12.8. The van der Waals surface area contributed by atoms with E-state index in [0.717, 1.165) is 5.56 Å². The van der Waals surface area contributed by atoms with E-state index in [1.165, 1.54) is 15.6 Å². The van der Waals surface area contributed by atoms with Crippen LogP contribution in [0.4, 0.5) is 0 Å². The quantitative estimate of drug-likeness (QED) is 0.855. The number of thiophene rings is 1. The van der Waals surface area contributed by atoms with Crippen LogP contribution in [0.25, 0.3) is 0 Å². The SMILES string of the molecule is CN(Cc1cccnc1)S(=O)(=O)c1sccc1Br. The summed E-state index contributed by atoms with van der Waals surface area (Å²) in [5.41, 5.74) is 0.858. The largest absolute Gasteiger partial charge is 0.264 e. The van der Waals surface area contributed by atoms with Crippen LogP contribution in [0.1, 0.15) is 5.56 Å². The average molecular weight is 347 g/mol. The number of aromatic nitrogens is 1. The fourth-order valence-corrected chi connectivity index (χ4v) is 5.10. The van der Waals surface area contributed by atoms with E-state index in [1.807, 2.05) is 6.07 Å². The molecule has 0 saturated heterocycles. The van der Waals surface area contributed by atoms with Gasteiger partial charge in [-0.15, -0.1) is 11.3 Å². The topological polar surface area (TPSA) is 50.3 Å². The van der Waals surface area contributed by atoms with E-state index in [9.17, 15) is 8.42 Å². The first-order valence-corrected chi connectivity index (χ1v) is 8.21. The monoisotopic (exact) mass is 346 g/mol. The van der Waals surface area contributed by atoms with Crippen molar-refractivity contribution in [2.45, 2.75) is 10.8 Å². The molecule has 0 aliphatic heterocycles. The minimum absolute atomic E-state index is 0.306. The summed E-state index contributed by atoms with van der Waals surface area (Å²) < 4.78 is 26.9. The van der Waals surface area contributed by atoms with E-state index < -0.39 is 10.0 Å². The number of halogens is 1. The van der Waals surface area contributed by atoms with Gasteiger partial charge in [-0.1, -0.05) is 6.07 Å². The fourth-order valence-electron chi connectivity index (χ4n) is 1.44. The van der Waals surface area contributed by atoms with Crippen LogP contribution in [0.15, 0.2) is 44.7 Å². The Morgan fingerprint density at radius 2 is 2.22 bits per heavy atom. The third kappa shape index (κ3) is 2.80. The van der Waals surface area contributed by atoms with Crippen molar-refractivity contribution < 1.29 is 8.42 Å². The van der Waals surface area contributed by atoms with Crippen molar-refractivity contribution >= 4 is 37.3 Å². The minimum Gasteiger partial charge on any atom is -0.264 e. The summed E-state index contributed by atoms with van der Waals surface area (Å²) in [7, 11) is -1.88. The Hall–Kier alpha value is -0.760. The van der Waals surface area contributed by atoms with Gasteiger partial charge in [-0.2, -0.15) is 4.31 Å². The van der Waals surface area contributed by atoms with Gasteiger partial charge in [0, 0.05) is 30.5 Å². The molecule has 0 aromatic carbocycles. The van der Waals surface area contributed by atoms with E-state index in [1.54, 1.807) is 37.0 Å². The highest BCUT2D eigenvalue weighted by molar-refractivity contribution is 9.10. The smallest absolute Gasteiger partial charge is 0.253 e. The lowest BCUT2D eigenvalue weighted by Gasteiger charge is -2.16. The zero-order chi connectivity index (χ0) is 13.2. The van der Waals surface area contributed by atoms with E-state index in [-0.39, 0.29) is 0 Å². The summed E-state index contributed by atoms with van der Waals surface area (Å²) in [6.45, 7) is 0.306. The molecule has 0 aliphatic rings. The molecule has 2 rings (SSSR count). The van der Waals surface area contributed by atoms with Crippen molar-refractivity contribution in [3.8, 4) is 0 Å². The molecule has 0 atom stereocenters. The summed E-state index contributed by atoms with van der Waals surface area (Å²) in [5.74, 6) is 0. The number of sulfonamides is 1. The van der Waals surface area contributed by atoms with Gasteiger partial charge in [-0.05, 0) is 39.0 Å². The molecule has 0 unspecified atom stereocenters. The first-order chi connectivity index (χ1) is 8.51. The van der Waals surface area contributed by atoms with Crippen molar-refractivity contribution in [2.24, 2.45) is 0 Å². The van der Waals surface area contributed by atoms with Crippen LogP contribution in [0, 0.1) is 0 Å². The Bertz CT molecular complexity index is 626. The summed E-state index contributed by atoms with van der Waals surface area (Å²) >= 11 is 4.45. The number of rotatable bonds is 4. The number of hydrogen-bond acceptors (Lipinski definition) is 4. The average Bonchev–Trinajstić information content (AvgIpc) is 2.77. The Kier molecular flexibility index (Phi) is 4.16. The lowest BCUT2D eigenvalue weighted by atomic mass is 10.3. The van der Waals surface area contributed by atoms with Gasteiger partial charge in [0.15, 0.2) is 0 Å². The zero-order valence-electron chi connectivity index (χ0n) is 9.58. The lowest BCUT2D eigenvalue weighted by molar-refractivity contribution is 0.467.